The molecule has 0 amide bonds. The number of ether oxygens (including phenoxy) is 4. The van der Waals surface area contributed by atoms with Crippen LogP contribution >= 0.6 is 0 Å². The molecule has 1 saturated heterocycles. The molecule has 2 fully saturated rings. The molecule has 1 saturated carbocycles. The van der Waals surface area contributed by atoms with E-state index in [1.165, 1.54) is 27.0 Å². The number of Topliss-reactive ketones (excluding diaryl/α,β-unsaturated/α-hetero) is 1. The third kappa shape index (κ3) is 6.52. The van der Waals surface area contributed by atoms with E-state index in [9.17, 15) is 29.4 Å². The molecule has 0 spiro atoms. The highest BCUT2D eigenvalue weighted by Gasteiger charge is 2.60. The second-order valence-electron chi connectivity index (χ2n) is 10.5. The van der Waals surface area contributed by atoms with Crippen LogP contribution in [-0.2, 0) is 38.1 Å². The third-order valence-corrected chi connectivity index (χ3v) is 7.11. The highest BCUT2D eigenvalue weighted by Crippen LogP contribution is 2.42. The minimum absolute atomic E-state index is 0.0187. The zero-order chi connectivity index (χ0) is 27.4. The number of aliphatic hydroxyl groups excluding tert-OH is 1. The van der Waals surface area contributed by atoms with Crippen LogP contribution in [0.15, 0.2) is 11.6 Å². The molecule has 0 aromatic heterocycles. The van der Waals surface area contributed by atoms with Crippen LogP contribution in [0.2, 0.25) is 0 Å². The van der Waals surface area contributed by atoms with Crippen LogP contribution < -0.4 is 0 Å². The van der Waals surface area contributed by atoms with Crippen molar-refractivity contribution in [3.8, 4) is 0 Å². The molecule has 2 rings (SSSR count). The van der Waals surface area contributed by atoms with Gasteiger partial charge in [0.2, 0.25) is 0 Å². The zero-order valence-corrected chi connectivity index (χ0v) is 22.2. The van der Waals surface area contributed by atoms with Crippen LogP contribution in [0, 0.1) is 23.7 Å². The van der Waals surface area contributed by atoms with Crippen molar-refractivity contribution in [1.82, 2.24) is 0 Å². The lowest BCUT2D eigenvalue weighted by atomic mass is 9.73. The Morgan fingerprint density at radius 1 is 1.25 bits per heavy atom. The Labute approximate surface area is 212 Å². The summed E-state index contributed by atoms with van der Waals surface area (Å²) >= 11 is 0. The maximum absolute atomic E-state index is 13.2. The molecule has 0 aromatic rings. The van der Waals surface area contributed by atoms with Gasteiger partial charge in [0, 0.05) is 31.4 Å². The fraction of sp³-hybridized carbons (Fsp3) is 0.769. The number of esters is 3. The summed E-state index contributed by atoms with van der Waals surface area (Å²) in [4.78, 5) is 51.4. The first-order valence-electron chi connectivity index (χ1n) is 12.4. The van der Waals surface area contributed by atoms with Gasteiger partial charge in [-0.3, -0.25) is 14.4 Å². The van der Waals surface area contributed by atoms with Gasteiger partial charge < -0.3 is 29.2 Å². The SMILES string of the molecule is C/C=C(/C)C(=O)O[C@@H]1[C@H]2OC(=O)[C@@H](COC)[C@@H]2[C@@H](O)[C@H](OC(=O)CC(C)C)[C@H](C)CCC(=O)[C@]1(C)O. The van der Waals surface area contributed by atoms with Crippen molar-refractivity contribution in [1.29, 1.82) is 0 Å². The predicted octanol–water partition coefficient (Wildman–Crippen LogP) is 1.74. The summed E-state index contributed by atoms with van der Waals surface area (Å²) in [6.07, 6.45) is -3.83. The molecule has 1 aliphatic carbocycles. The van der Waals surface area contributed by atoms with E-state index in [-0.39, 0.29) is 37.4 Å². The van der Waals surface area contributed by atoms with E-state index >= 15 is 0 Å². The Morgan fingerprint density at radius 3 is 2.44 bits per heavy atom. The number of rotatable bonds is 7. The number of allylic oxidation sites excluding steroid dienone is 1. The minimum Gasteiger partial charge on any atom is -0.459 e. The van der Waals surface area contributed by atoms with Crippen molar-refractivity contribution >= 4 is 23.7 Å². The van der Waals surface area contributed by atoms with E-state index in [1.54, 1.807) is 13.8 Å². The molecule has 10 heteroatoms. The Kier molecular flexibility index (Phi) is 10.2. The van der Waals surface area contributed by atoms with Gasteiger partial charge in [-0.15, -0.1) is 0 Å². The molecule has 0 bridgehead atoms. The molecule has 8 atom stereocenters. The van der Waals surface area contributed by atoms with E-state index in [4.69, 9.17) is 18.9 Å². The van der Waals surface area contributed by atoms with Crippen molar-refractivity contribution in [3.05, 3.63) is 11.6 Å². The molecule has 2 aliphatic rings. The monoisotopic (exact) mass is 512 g/mol. The number of hydrogen-bond donors (Lipinski definition) is 2. The molecule has 10 nitrogen and oxygen atoms in total. The quantitative estimate of drug-likeness (QED) is 0.294. The average molecular weight is 513 g/mol. The van der Waals surface area contributed by atoms with E-state index in [0.29, 0.717) is 0 Å². The fourth-order valence-corrected chi connectivity index (χ4v) is 4.78. The first kappa shape index (κ1) is 29.9. The fourth-order valence-electron chi connectivity index (χ4n) is 4.78. The van der Waals surface area contributed by atoms with Crippen molar-refractivity contribution in [3.63, 3.8) is 0 Å². The van der Waals surface area contributed by atoms with Crippen LogP contribution in [0.1, 0.15) is 60.8 Å². The Bertz CT molecular complexity index is 861. The van der Waals surface area contributed by atoms with Crippen molar-refractivity contribution in [2.45, 2.75) is 90.8 Å². The molecule has 0 aromatic carbocycles. The summed E-state index contributed by atoms with van der Waals surface area (Å²) in [5, 5.41) is 22.9. The van der Waals surface area contributed by atoms with Crippen LogP contribution in [0.25, 0.3) is 0 Å². The highest BCUT2D eigenvalue weighted by molar-refractivity contribution is 5.90. The largest absolute Gasteiger partial charge is 0.459 e. The molecular formula is C26H40O10. The number of carbonyl (C=O) groups excluding carboxylic acids is 4. The average Bonchev–Trinajstić information content (AvgIpc) is 3.12. The predicted molar refractivity (Wildman–Crippen MR) is 127 cm³/mol. The first-order valence-corrected chi connectivity index (χ1v) is 12.4. The summed E-state index contributed by atoms with van der Waals surface area (Å²) in [7, 11) is 1.38. The molecule has 2 N–H and O–H groups in total. The second kappa shape index (κ2) is 12.3. The van der Waals surface area contributed by atoms with Gasteiger partial charge in [0.05, 0.1) is 18.6 Å². The number of fused-ring (bicyclic) bond motifs is 1. The molecule has 1 heterocycles. The van der Waals surface area contributed by atoms with Gasteiger partial charge in [-0.05, 0) is 39.0 Å². The molecular weight excluding hydrogens is 472 g/mol. The van der Waals surface area contributed by atoms with Gasteiger partial charge >= 0.3 is 17.9 Å². The summed E-state index contributed by atoms with van der Waals surface area (Å²) in [5.41, 5.74) is -1.99. The lowest BCUT2D eigenvalue weighted by Gasteiger charge is -2.41. The second-order valence-corrected chi connectivity index (χ2v) is 10.5. The van der Waals surface area contributed by atoms with Crippen molar-refractivity contribution in [2.24, 2.45) is 23.7 Å². The van der Waals surface area contributed by atoms with E-state index in [2.05, 4.69) is 0 Å². The smallest absolute Gasteiger partial charge is 0.333 e. The van der Waals surface area contributed by atoms with Crippen LogP contribution in [0.3, 0.4) is 0 Å². The zero-order valence-electron chi connectivity index (χ0n) is 22.2. The molecule has 36 heavy (non-hydrogen) atoms. The van der Waals surface area contributed by atoms with Gasteiger partial charge in [-0.25, -0.2) is 4.79 Å². The van der Waals surface area contributed by atoms with Gasteiger partial charge in [-0.1, -0.05) is 26.8 Å². The van der Waals surface area contributed by atoms with Crippen molar-refractivity contribution < 1.29 is 48.3 Å². The standard InChI is InChI=1S/C26H40O10/c1-8-14(4)24(30)36-23-22-19(16(12-33-7)25(31)35-22)20(29)21(34-18(28)11-13(2)3)15(5)9-10-17(27)26(23,6)32/h8,13,15-16,19-23,29,32H,9-12H2,1-7H3/b14-8-/t15-,16+,19-,20-,21-,22+,23-,26+/m1/s1. The van der Waals surface area contributed by atoms with Crippen LogP contribution in [0.4, 0.5) is 0 Å². The Hall–Kier alpha value is -2.30. The minimum atomic E-state index is -2.21. The highest BCUT2D eigenvalue weighted by atomic mass is 16.6. The normalized spacial score (nSPS) is 35.7. The summed E-state index contributed by atoms with van der Waals surface area (Å²) < 4.78 is 22.0. The summed E-state index contributed by atoms with van der Waals surface area (Å²) in [5.74, 6) is -5.27. The van der Waals surface area contributed by atoms with E-state index < -0.39 is 71.5 Å². The Balaban J connectivity index is 2.61. The van der Waals surface area contributed by atoms with Gasteiger partial charge in [0.15, 0.2) is 17.5 Å². The van der Waals surface area contributed by atoms with E-state index in [1.807, 2.05) is 13.8 Å². The van der Waals surface area contributed by atoms with Crippen LogP contribution in [0.5, 0.6) is 0 Å². The first-order chi connectivity index (χ1) is 16.8. The summed E-state index contributed by atoms with van der Waals surface area (Å²) in [6, 6.07) is 0. The molecule has 204 valence electrons. The van der Waals surface area contributed by atoms with Gasteiger partial charge in [0.25, 0.3) is 0 Å². The lowest BCUT2D eigenvalue weighted by molar-refractivity contribution is -0.195. The maximum atomic E-state index is 13.2. The van der Waals surface area contributed by atoms with Crippen LogP contribution in [-0.4, -0.2) is 77.6 Å². The van der Waals surface area contributed by atoms with Crippen molar-refractivity contribution in [2.75, 3.05) is 13.7 Å². The third-order valence-electron chi connectivity index (χ3n) is 7.11. The van der Waals surface area contributed by atoms with Gasteiger partial charge in [-0.2, -0.15) is 0 Å². The number of methoxy groups -OCH3 is 1. The number of carbonyl (C=O) groups is 4. The molecule has 0 unspecified atom stereocenters. The maximum Gasteiger partial charge on any atom is 0.333 e. The number of hydrogen-bond acceptors (Lipinski definition) is 10. The van der Waals surface area contributed by atoms with E-state index in [0.717, 1.165) is 0 Å². The van der Waals surface area contributed by atoms with Gasteiger partial charge in [0.1, 0.15) is 12.2 Å². The number of ketones is 1. The molecule has 1 aliphatic heterocycles. The topological polar surface area (TPSA) is 146 Å². The Morgan fingerprint density at radius 2 is 1.89 bits per heavy atom. The lowest BCUT2D eigenvalue weighted by Crippen LogP contribution is -2.60. The summed E-state index contributed by atoms with van der Waals surface area (Å²) in [6.45, 7) is 9.65. The molecule has 0 radical (unpaired) electrons. The number of aliphatic hydroxyl groups is 2.